The molecule has 0 saturated carbocycles. The number of aromatic nitrogens is 2. The summed E-state index contributed by atoms with van der Waals surface area (Å²) >= 11 is 1.04. The number of carbonyl (C=O) groups is 2. The van der Waals surface area contributed by atoms with Gasteiger partial charge >= 0.3 is 12.1 Å². The Labute approximate surface area is 168 Å². The number of benzene rings is 1. The molecule has 6 nitrogen and oxygen atoms in total. The van der Waals surface area contributed by atoms with Crippen LogP contribution in [0.25, 0.3) is 15.9 Å². The Morgan fingerprint density at radius 1 is 1.28 bits per heavy atom. The van der Waals surface area contributed by atoms with Gasteiger partial charge in [0.25, 0.3) is 5.91 Å². The first kappa shape index (κ1) is 20.8. The van der Waals surface area contributed by atoms with Crippen LogP contribution in [0.15, 0.2) is 30.3 Å². The molecule has 0 aliphatic rings. The first-order chi connectivity index (χ1) is 13.7. The molecular weight excluding hydrogens is 407 g/mol. The van der Waals surface area contributed by atoms with Crippen molar-refractivity contribution in [2.45, 2.75) is 26.4 Å². The highest BCUT2D eigenvalue weighted by molar-refractivity contribution is 7.20. The van der Waals surface area contributed by atoms with E-state index in [1.54, 1.807) is 13.0 Å². The van der Waals surface area contributed by atoms with Crippen molar-refractivity contribution in [3.63, 3.8) is 0 Å². The van der Waals surface area contributed by atoms with Crippen LogP contribution in [0, 0.1) is 6.92 Å². The van der Waals surface area contributed by atoms with E-state index in [4.69, 9.17) is 4.74 Å². The number of alkyl halides is 3. The summed E-state index contributed by atoms with van der Waals surface area (Å²) < 4.78 is 45.4. The molecule has 1 aromatic carbocycles. The van der Waals surface area contributed by atoms with Crippen LogP contribution in [0.4, 0.5) is 13.2 Å². The van der Waals surface area contributed by atoms with Gasteiger partial charge in [0.1, 0.15) is 9.71 Å². The molecule has 0 fully saturated rings. The van der Waals surface area contributed by atoms with Gasteiger partial charge in [0, 0.05) is 11.9 Å². The van der Waals surface area contributed by atoms with Gasteiger partial charge in [0.05, 0.1) is 16.9 Å². The number of fused-ring (bicyclic) bond motifs is 1. The number of ether oxygens (including phenoxy) is 1. The monoisotopic (exact) mass is 425 g/mol. The van der Waals surface area contributed by atoms with E-state index in [9.17, 15) is 22.8 Å². The van der Waals surface area contributed by atoms with E-state index in [0.717, 1.165) is 29.9 Å². The van der Waals surface area contributed by atoms with E-state index >= 15 is 0 Å². The summed E-state index contributed by atoms with van der Waals surface area (Å²) in [6.45, 7) is 3.70. The van der Waals surface area contributed by atoms with E-state index < -0.39 is 30.2 Å². The number of carbonyl (C=O) groups excluding carboxylic acids is 2. The molecule has 0 radical (unpaired) electrons. The lowest BCUT2D eigenvalue weighted by Gasteiger charge is -2.09. The lowest BCUT2D eigenvalue weighted by atomic mass is 10.2. The summed E-state index contributed by atoms with van der Waals surface area (Å²) in [6.07, 6.45) is -3.71. The number of nitrogens with one attached hydrogen (secondary N) is 1. The molecule has 0 aliphatic heterocycles. The van der Waals surface area contributed by atoms with Crippen LogP contribution < -0.4 is 5.32 Å². The minimum atomic E-state index is -4.47. The number of rotatable bonds is 6. The Balaban J connectivity index is 1.87. The van der Waals surface area contributed by atoms with Crippen LogP contribution in [0.2, 0.25) is 0 Å². The number of thiophene rings is 1. The second kappa shape index (κ2) is 8.24. The molecule has 0 atom stereocenters. The topological polar surface area (TPSA) is 73.2 Å². The quantitative estimate of drug-likeness (QED) is 0.604. The minimum absolute atomic E-state index is 0.235. The molecular formula is C19H18F3N3O3S. The fourth-order valence-electron chi connectivity index (χ4n) is 2.65. The smallest absolute Gasteiger partial charge is 0.416 e. The van der Waals surface area contributed by atoms with Crippen LogP contribution in [0.5, 0.6) is 0 Å². The zero-order valence-electron chi connectivity index (χ0n) is 15.7. The van der Waals surface area contributed by atoms with Crippen molar-refractivity contribution in [2.24, 2.45) is 0 Å². The van der Waals surface area contributed by atoms with Gasteiger partial charge in [-0.15, -0.1) is 11.3 Å². The number of nitrogens with zero attached hydrogens (tertiary/aromatic N) is 2. The van der Waals surface area contributed by atoms with Crippen LogP contribution in [-0.4, -0.2) is 34.8 Å². The van der Waals surface area contributed by atoms with Crippen LogP contribution in [0.3, 0.4) is 0 Å². The third kappa shape index (κ3) is 4.58. The zero-order valence-corrected chi connectivity index (χ0v) is 16.5. The maximum absolute atomic E-state index is 13.0. The Morgan fingerprint density at radius 3 is 2.72 bits per heavy atom. The average molecular weight is 425 g/mol. The fraction of sp³-hybridized carbons (Fsp3) is 0.316. The van der Waals surface area contributed by atoms with E-state index in [1.807, 2.05) is 6.92 Å². The second-order valence-electron chi connectivity index (χ2n) is 6.30. The predicted molar refractivity (Wildman–Crippen MR) is 102 cm³/mol. The first-order valence-electron chi connectivity index (χ1n) is 8.81. The van der Waals surface area contributed by atoms with Crippen molar-refractivity contribution in [3.05, 3.63) is 46.5 Å². The molecule has 29 heavy (non-hydrogen) atoms. The van der Waals surface area contributed by atoms with Crippen LogP contribution in [0.1, 0.15) is 34.3 Å². The highest BCUT2D eigenvalue weighted by atomic mass is 32.1. The highest BCUT2D eigenvalue weighted by Gasteiger charge is 2.31. The Morgan fingerprint density at radius 2 is 2.03 bits per heavy atom. The van der Waals surface area contributed by atoms with E-state index in [0.29, 0.717) is 22.5 Å². The minimum Gasteiger partial charge on any atom is -0.451 e. The summed E-state index contributed by atoms with van der Waals surface area (Å²) in [5.74, 6) is -1.07. The molecule has 0 saturated heterocycles. The zero-order chi connectivity index (χ0) is 21.2. The van der Waals surface area contributed by atoms with Crippen molar-refractivity contribution in [2.75, 3.05) is 13.2 Å². The molecule has 0 unspecified atom stereocenters. The first-order valence-corrected chi connectivity index (χ1v) is 9.63. The number of hydrogen-bond acceptors (Lipinski definition) is 5. The van der Waals surface area contributed by atoms with E-state index in [1.165, 1.54) is 16.8 Å². The standard InChI is InChI=1S/C19H18F3N3O3S/c1-3-7-23-16(26)10-28-18(27)15-9-14-11(2)24-25(17(14)29-15)13-6-4-5-12(8-13)19(20,21)22/h4-6,8-9H,3,7,10H2,1-2H3,(H,23,26). The highest BCUT2D eigenvalue weighted by Crippen LogP contribution is 2.33. The van der Waals surface area contributed by atoms with Gasteiger partial charge in [-0.3, -0.25) is 4.79 Å². The summed E-state index contributed by atoms with van der Waals surface area (Å²) in [4.78, 5) is 24.6. The molecule has 3 aromatic rings. The summed E-state index contributed by atoms with van der Waals surface area (Å²) in [5.41, 5.74) is 0.0117. The van der Waals surface area contributed by atoms with Gasteiger partial charge in [-0.2, -0.15) is 18.3 Å². The van der Waals surface area contributed by atoms with Gasteiger partial charge in [-0.05, 0) is 37.6 Å². The number of hydrogen-bond donors (Lipinski definition) is 1. The second-order valence-corrected chi connectivity index (χ2v) is 7.33. The molecule has 2 heterocycles. The number of amides is 1. The normalized spacial score (nSPS) is 11.6. The van der Waals surface area contributed by atoms with E-state index in [-0.39, 0.29) is 10.6 Å². The Hall–Kier alpha value is -2.88. The predicted octanol–water partition coefficient (Wildman–Crippen LogP) is 4.10. The van der Waals surface area contributed by atoms with Crippen molar-refractivity contribution >= 4 is 33.4 Å². The van der Waals surface area contributed by atoms with Crippen molar-refractivity contribution < 1.29 is 27.5 Å². The van der Waals surface area contributed by atoms with Gasteiger partial charge in [-0.1, -0.05) is 13.0 Å². The van der Waals surface area contributed by atoms with Crippen molar-refractivity contribution in [1.29, 1.82) is 0 Å². The maximum Gasteiger partial charge on any atom is 0.416 e. The number of aryl methyl sites for hydroxylation is 1. The molecule has 3 rings (SSSR count). The molecule has 2 aromatic heterocycles. The van der Waals surface area contributed by atoms with Gasteiger partial charge in [0.2, 0.25) is 0 Å². The summed E-state index contributed by atoms with van der Waals surface area (Å²) in [6, 6.07) is 6.37. The van der Waals surface area contributed by atoms with Gasteiger partial charge in [0.15, 0.2) is 6.61 Å². The fourth-order valence-corrected chi connectivity index (χ4v) is 3.73. The number of esters is 1. The number of halogens is 3. The summed E-state index contributed by atoms with van der Waals surface area (Å²) in [5, 5.41) is 7.53. The van der Waals surface area contributed by atoms with Crippen molar-refractivity contribution in [1.82, 2.24) is 15.1 Å². The summed E-state index contributed by atoms with van der Waals surface area (Å²) in [7, 11) is 0. The Kier molecular flexibility index (Phi) is 5.92. The maximum atomic E-state index is 13.0. The van der Waals surface area contributed by atoms with E-state index in [2.05, 4.69) is 10.4 Å². The molecule has 0 aliphatic carbocycles. The lowest BCUT2D eigenvalue weighted by Crippen LogP contribution is -2.29. The SMILES string of the molecule is CCCNC(=O)COC(=O)c1cc2c(C)nn(-c3cccc(C(F)(F)F)c3)c2s1. The third-order valence-electron chi connectivity index (χ3n) is 4.07. The molecule has 0 spiro atoms. The Bertz CT molecular complexity index is 1060. The largest absolute Gasteiger partial charge is 0.451 e. The lowest BCUT2D eigenvalue weighted by molar-refractivity contribution is -0.137. The molecule has 0 bridgehead atoms. The molecule has 154 valence electrons. The van der Waals surface area contributed by atoms with Gasteiger partial charge in [-0.25, -0.2) is 9.48 Å². The average Bonchev–Trinajstić information content (AvgIpc) is 3.24. The van der Waals surface area contributed by atoms with Crippen LogP contribution in [-0.2, 0) is 15.7 Å². The molecule has 10 heteroatoms. The molecule has 1 N–H and O–H groups in total. The molecule has 1 amide bonds. The van der Waals surface area contributed by atoms with Gasteiger partial charge < -0.3 is 10.1 Å². The third-order valence-corrected chi connectivity index (χ3v) is 5.16. The van der Waals surface area contributed by atoms with Crippen molar-refractivity contribution in [3.8, 4) is 5.69 Å². The van der Waals surface area contributed by atoms with Crippen LogP contribution >= 0.6 is 11.3 Å².